The van der Waals surface area contributed by atoms with E-state index in [1.54, 1.807) is 29.3 Å². The van der Waals surface area contributed by atoms with Gasteiger partial charge in [0.15, 0.2) is 5.82 Å². The van der Waals surface area contributed by atoms with Crippen molar-refractivity contribution in [2.75, 3.05) is 11.9 Å². The number of urea groups is 1. The van der Waals surface area contributed by atoms with Crippen molar-refractivity contribution < 1.29 is 4.79 Å². The van der Waals surface area contributed by atoms with Crippen LogP contribution < -0.4 is 5.32 Å². The molecule has 24 heavy (non-hydrogen) atoms. The summed E-state index contributed by atoms with van der Waals surface area (Å²) in [5, 5.41) is 6.91. The van der Waals surface area contributed by atoms with Crippen LogP contribution in [0.15, 0.2) is 61.3 Å². The van der Waals surface area contributed by atoms with Gasteiger partial charge in [0.05, 0.1) is 17.9 Å². The van der Waals surface area contributed by atoms with Crippen LogP contribution in [0, 0.1) is 0 Å². The lowest BCUT2D eigenvalue weighted by Crippen LogP contribution is -2.47. The largest absolute Gasteiger partial charge is 0.322 e. The number of likely N-dealkylation sites (tertiary alicyclic amines) is 1. The molecule has 0 saturated carbocycles. The highest BCUT2D eigenvalue weighted by Gasteiger charge is 2.33. The SMILES string of the molecule is O=C(Nc1ccc(-n2cncn2)nc1)N1CC[C@@H]1c1ccccc1. The number of benzene rings is 1. The Balaban J connectivity index is 1.43. The molecule has 7 heteroatoms. The monoisotopic (exact) mass is 320 g/mol. The number of hydrogen-bond acceptors (Lipinski definition) is 4. The number of hydrogen-bond donors (Lipinski definition) is 1. The molecule has 1 fully saturated rings. The molecule has 1 aliphatic rings. The number of carbonyl (C=O) groups is 1. The molecule has 0 radical (unpaired) electrons. The van der Waals surface area contributed by atoms with E-state index in [1.807, 2.05) is 23.1 Å². The van der Waals surface area contributed by atoms with Crippen LogP contribution in [-0.2, 0) is 0 Å². The summed E-state index contributed by atoms with van der Waals surface area (Å²) < 4.78 is 1.56. The van der Waals surface area contributed by atoms with Crippen LogP contribution in [0.1, 0.15) is 18.0 Å². The molecule has 3 aromatic rings. The molecule has 0 aliphatic carbocycles. The molecule has 1 aliphatic heterocycles. The third-order valence-electron chi connectivity index (χ3n) is 4.12. The van der Waals surface area contributed by atoms with Gasteiger partial charge in [-0.15, -0.1) is 0 Å². The Hall–Kier alpha value is -3.22. The van der Waals surface area contributed by atoms with Gasteiger partial charge in [0.2, 0.25) is 0 Å². The lowest BCUT2D eigenvalue weighted by molar-refractivity contribution is 0.126. The fourth-order valence-corrected chi connectivity index (χ4v) is 2.77. The number of aromatic nitrogens is 4. The van der Waals surface area contributed by atoms with Crippen molar-refractivity contribution >= 4 is 11.7 Å². The van der Waals surface area contributed by atoms with Gasteiger partial charge in [-0.05, 0) is 24.1 Å². The van der Waals surface area contributed by atoms with Gasteiger partial charge in [-0.1, -0.05) is 30.3 Å². The maximum Gasteiger partial charge on any atom is 0.322 e. The van der Waals surface area contributed by atoms with Crippen molar-refractivity contribution in [3.8, 4) is 5.82 Å². The number of amides is 2. The highest BCUT2D eigenvalue weighted by Crippen LogP contribution is 2.33. The molecule has 120 valence electrons. The third-order valence-corrected chi connectivity index (χ3v) is 4.12. The van der Waals surface area contributed by atoms with Gasteiger partial charge in [0.1, 0.15) is 12.7 Å². The molecule has 1 N–H and O–H groups in total. The summed E-state index contributed by atoms with van der Waals surface area (Å²) in [4.78, 5) is 22.5. The zero-order chi connectivity index (χ0) is 16.4. The molecule has 0 bridgehead atoms. The van der Waals surface area contributed by atoms with Crippen molar-refractivity contribution in [1.29, 1.82) is 0 Å². The average molecular weight is 320 g/mol. The zero-order valence-corrected chi connectivity index (χ0v) is 12.9. The van der Waals surface area contributed by atoms with Gasteiger partial charge in [0, 0.05) is 6.54 Å². The summed E-state index contributed by atoms with van der Waals surface area (Å²) in [6.07, 6.45) is 5.63. The second-order valence-electron chi connectivity index (χ2n) is 5.58. The first kappa shape index (κ1) is 14.4. The van der Waals surface area contributed by atoms with Gasteiger partial charge >= 0.3 is 6.03 Å². The van der Waals surface area contributed by atoms with E-state index in [0.717, 1.165) is 13.0 Å². The Labute approximate surface area is 139 Å². The quantitative estimate of drug-likeness (QED) is 0.805. The van der Waals surface area contributed by atoms with Crippen LogP contribution in [0.2, 0.25) is 0 Å². The van der Waals surface area contributed by atoms with Gasteiger partial charge in [-0.2, -0.15) is 5.10 Å². The van der Waals surface area contributed by atoms with Crippen LogP contribution >= 0.6 is 0 Å². The average Bonchev–Trinajstić information content (AvgIpc) is 3.10. The van der Waals surface area contributed by atoms with Gasteiger partial charge in [-0.3, -0.25) is 0 Å². The molecule has 0 unspecified atom stereocenters. The fraction of sp³-hybridized carbons (Fsp3) is 0.176. The van der Waals surface area contributed by atoms with Crippen molar-refractivity contribution in [3.63, 3.8) is 0 Å². The summed E-state index contributed by atoms with van der Waals surface area (Å²) in [6, 6.07) is 13.7. The molecule has 7 nitrogen and oxygen atoms in total. The van der Waals surface area contributed by atoms with E-state index in [4.69, 9.17) is 0 Å². The van der Waals surface area contributed by atoms with E-state index < -0.39 is 0 Å². The normalized spacial score (nSPS) is 16.5. The highest BCUT2D eigenvalue weighted by molar-refractivity contribution is 5.90. The Morgan fingerprint density at radius 1 is 1.17 bits per heavy atom. The predicted molar refractivity (Wildman–Crippen MR) is 88.7 cm³/mol. The number of pyridine rings is 1. The molecule has 4 rings (SSSR count). The number of rotatable bonds is 3. The Kier molecular flexibility index (Phi) is 3.66. The molecular formula is C17H16N6O. The van der Waals surface area contributed by atoms with Crippen LogP contribution in [0.25, 0.3) is 5.82 Å². The maximum absolute atomic E-state index is 12.5. The molecule has 2 aromatic heterocycles. The Morgan fingerprint density at radius 2 is 2.04 bits per heavy atom. The first-order chi connectivity index (χ1) is 11.8. The van der Waals surface area contributed by atoms with Gasteiger partial charge in [-0.25, -0.2) is 19.4 Å². The smallest absolute Gasteiger partial charge is 0.317 e. The summed E-state index contributed by atoms with van der Waals surface area (Å²) in [5.41, 5.74) is 1.82. The van der Waals surface area contributed by atoms with Crippen molar-refractivity contribution in [1.82, 2.24) is 24.6 Å². The molecule has 1 aromatic carbocycles. The second-order valence-corrected chi connectivity index (χ2v) is 5.58. The number of carbonyl (C=O) groups excluding carboxylic acids is 1. The van der Waals surface area contributed by atoms with Crippen LogP contribution in [0.4, 0.5) is 10.5 Å². The van der Waals surface area contributed by atoms with Gasteiger partial charge in [0.25, 0.3) is 0 Å². The predicted octanol–water partition coefficient (Wildman–Crippen LogP) is 2.64. The van der Waals surface area contributed by atoms with Crippen LogP contribution in [0.5, 0.6) is 0 Å². The van der Waals surface area contributed by atoms with Crippen LogP contribution in [-0.4, -0.2) is 37.2 Å². The van der Waals surface area contributed by atoms with E-state index >= 15 is 0 Å². The summed E-state index contributed by atoms with van der Waals surface area (Å²) in [5.74, 6) is 0.650. The van der Waals surface area contributed by atoms with Crippen molar-refractivity contribution in [2.45, 2.75) is 12.5 Å². The maximum atomic E-state index is 12.5. The number of nitrogens with one attached hydrogen (secondary N) is 1. The summed E-state index contributed by atoms with van der Waals surface area (Å²) >= 11 is 0. The minimum Gasteiger partial charge on any atom is -0.317 e. The first-order valence-electron chi connectivity index (χ1n) is 7.75. The molecule has 3 heterocycles. The standard InChI is InChI=1S/C17H16N6O/c24-17(22-9-8-15(22)13-4-2-1-3-5-13)21-14-6-7-16(19-10-14)23-12-18-11-20-23/h1-7,10-12,15H,8-9H2,(H,21,24)/t15-/m1/s1. The third kappa shape index (κ3) is 2.71. The van der Waals surface area contributed by atoms with E-state index in [1.165, 1.54) is 11.9 Å². The molecule has 0 spiro atoms. The summed E-state index contributed by atoms with van der Waals surface area (Å²) in [6.45, 7) is 0.760. The molecule has 1 atom stereocenters. The van der Waals surface area contributed by atoms with Crippen LogP contribution in [0.3, 0.4) is 0 Å². The zero-order valence-electron chi connectivity index (χ0n) is 12.9. The first-order valence-corrected chi connectivity index (χ1v) is 7.75. The Bertz CT molecular complexity index is 816. The van der Waals surface area contributed by atoms with E-state index in [9.17, 15) is 4.79 Å². The van der Waals surface area contributed by atoms with Gasteiger partial charge < -0.3 is 10.2 Å². The minimum absolute atomic E-state index is 0.106. The van der Waals surface area contributed by atoms with Crippen molar-refractivity contribution in [3.05, 3.63) is 66.9 Å². The van der Waals surface area contributed by atoms with E-state index in [-0.39, 0.29) is 12.1 Å². The molecule has 1 saturated heterocycles. The Morgan fingerprint density at radius 3 is 2.67 bits per heavy atom. The van der Waals surface area contributed by atoms with Crippen molar-refractivity contribution in [2.24, 2.45) is 0 Å². The minimum atomic E-state index is -0.106. The number of anilines is 1. The van der Waals surface area contributed by atoms with E-state index in [2.05, 4.69) is 32.5 Å². The topological polar surface area (TPSA) is 75.9 Å². The molecule has 2 amide bonds. The lowest BCUT2D eigenvalue weighted by Gasteiger charge is -2.41. The lowest BCUT2D eigenvalue weighted by atomic mass is 9.95. The summed E-state index contributed by atoms with van der Waals surface area (Å²) in [7, 11) is 0. The second kappa shape index (κ2) is 6.11. The van der Waals surface area contributed by atoms with E-state index in [0.29, 0.717) is 11.5 Å². The number of nitrogens with zero attached hydrogens (tertiary/aromatic N) is 5. The highest BCUT2D eigenvalue weighted by atomic mass is 16.2. The fourth-order valence-electron chi connectivity index (χ4n) is 2.77. The molecular weight excluding hydrogens is 304 g/mol.